The minimum atomic E-state index is -0.805. The van der Waals surface area contributed by atoms with Crippen molar-refractivity contribution in [3.05, 3.63) is 0 Å². The van der Waals surface area contributed by atoms with E-state index in [9.17, 15) is 14.7 Å². The Bertz CT molecular complexity index is 457. The van der Waals surface area contributed by atoms with Crippen molar-refractivity contribution in [2.45, 2.75) is 56.9 Å². The summed E-state index contributed by atoms with van der Waals surface area (Å²) in [5.74, 6) is 0.215. The Morgan fingerprint density at radius 2 is 2.00 bits per heavy atom. The third-order valence-corrected chi connectivity index (χ3v) is 5.74. The van der Waals surface area contributed by atoms with E-state index in [1.54, 1.807) is 4.90 Å². The number of likely N-dealkylation sites (tertiary alicyclic amines) is 1. The molecule has 2 heterocycles. The van der Waals surface area contributed by atoms with Crippen LogP contribution in [0.4, 0.5) is 4.79 Å². The van der Waals surface area contributed by atoms with Crippen LogP contribution in [0.5, 0.6) is 0 Å². The van der Waals surface area contributed by atoms with E-state index in [0.717, 1.165) is 25.3 Å². The van der Waals surface area contributed by atoms with Crippen molar-refractivity contribution in [1.82, 2.24) is 9.80 Å². The third-order valence-electron chi connectivity index (χ3n) is 4.37. The van der Waals surface area contributed by atoms with Crippen molar-refractivity contribution < 1.29 is 19.4 Å². The van der Waals surface area contributed by atoms with Crippen LogP contribution in [-0.4, -0.2) is 75.3 Å². The third kappa shape index (κ3) is 4.53. The Hall–Kier alpha value is -0.950. The highest BCUT2D eigenvalue weighted by Crippen LogP contribution is 2.36. The molecule has 6 nitrogen and oxygen atoms in total. The van der Waals surface area contributed by atoms with Gasteiger partial charge in [0, 0.05) is 37.2 Å². The number of thioether (sulfide) groups is 1. The van der Waals surface area contributed by atoms with Gasteiger partial charge in [0.05, 0.1) is 12.0 Å². The maximum absolute atomic E-state index is 12.2. The lowest BCUT2D eigenvalue weighted by atomic mass is 9.84. The molecule has 2 saturated heterocycles. The number of rotatable bonds is 4. The zero-order valence-electron chi connectivity index (χ0n) is 14.5. The molecule has 0 radical (unpaired) electrons. The lowest BCUT2D eigenvalue weighted by Crippen LogP contribution is -2.73. The number of ether oxygens (including phenoxy) is 1. The largest absolute Gasteiger partial charge is 0.481 e. The summed E-state index contributed by atoms with van der Waals surface area (Å²) in [5.41, 5.74) is -0.964. The van der Waals surface area contributed by atoms with Gasteiger partial charge in [0.25, 0.3) is 0 Å². The number of carbonyl (C=O) groups excluding carboxylic acids is 1. The van der Waals surface area contributed by atoms with Crippen LogP contribution in [0, 0.1) is 0 Å². The second kappa shape index (κ2) is 6.89. The number of aliphatic carboxylic acids is 1. The molecule has 0 aliphatic carbocycles. The van der Waals surface area contributed by atoms with E-state index < -0.39 is 17.1 Å². The maximum atomic E-state index is 12.2. The van der Waals surface area contributed by atoms with Crippen LogP contribution in [-0.2, 0) is 9.53 Å². The molecule has 1 atom stereocenters. The van der Waals surface area contributed by atoms with E-state index in [-0.39, 0.29) is 12.5 Å². The van der Waals surface area contributed by atoms with E-state index in [1.165, 1.54) is 0 Å². The predicted molar refractivity (Wildman–Crippen MR) is 90.9 cm³/mol. The molecule has 0 saturated carbocycles. The first-order chi connectivity index (χ1) is 10.6. The number of carboxylic acid groups (broad SMARTS) is 1. The van der Waals surface area contributed by atoms with Gasteiger partial charge in [-0.25, -0.2) is 4.79 Å². The van der Waals surface area contributed by atoms with Crippen molar-refractivity contribution in [1.29, 1.82) is 0 Å². The number of hydrogen-bond acceptors (Lipinski definition) is 5. The molecule has 0 aromatic heterocycles. The summed E-state index contributed by atoms with van der Waals surface area (Å²) in [6.45, 7) is 10.3. The lowest BCUT2D eigenvalue weighted by Gasteiger charge is -2.56. The van der Waals surface area contributed by atoms with E-state index in [1.807, 2.05) is 32.5 Å². The molecule has 1 N–H and O–H groups in total. The Morgan fingerprint density at radius 3 is 2.52 bits per heavy atom. The van der Waals surface area contributed by atoms with Crippen LogP contribution in [0.3, 0.4) is 0 Å². The molecule has 2 rings (SSSR count). The normalized spacial score (nSPS) is 24.9. The van der Waals surface area contributed by atoms with Crippen molar-refractivity contribution in [3.63, 3.8) is 0 Å². The Kier molecular flexibility index (Phi) is 5.51. The van der Waals surface area contributed by atoms with Gasteiger partial charge in [-0.3, -0.25) is 9.69 Å². The monoisotopic (exact) mass is 344 g/mol. The topological polar surface area (TPSA) is 70.1 Å². The SMILES string of the molecule is CCC1CN(C2(CC(=O)O)CN(C(=O)OC(C)(C)C)C2)CCS1. The molecule has 2 fully saturated rings. The van der Waals surface area contributed by atoms with E-state index in [2.05, 4.69) is 11.8 Å². The van der Waals surface area contributed by atoms with Crippen LogP contribution in [0.2, 0.25) is 0 Å². The first kappa shape index (κ1) is 18.4. The number of carbonyl (C=O) groups is 2. The summed E-state index contributed by atoms with van der Waals surface area (Å²) in [6.07, 6.45) is 0.810. The van der Waals surface area contributed by atoms with Gasteiger partial charge in [0.15, 0.2) is 0 Å². The fraction of sp³-hybridized carbons (Fsp3) is 0.875. The second-order valence-electron chi connectivity index (χ2n) is 7.48. The summed E-state index contributed by atoms with van der Waals surface area (Å²) >= 11 is 1.96. The summed E-state index contributed by atoms with van der Waals surface area (Å²) < 4.78 is 5.39. The summed E-state index contributed by atoms with van der Waals surface area (Å²) in [7, 11) is 0. The number of carboxylic acids is 1. The van der Waals surface area contributed by atoms with Crippen LogP contribution >= 0.6 is 11.8 Å². The minimum Gasteiger partial charge on any atom is -0.481 e. The van der Waals surface area contributed by atoms with E-state index in [4.69, 9.17) is 4.74 Å². The fourth-order valence-electron chi connectivity index (χ4n) is 3.22. The van der Waals surface area contributed by atoms with Crippen molar-refractivity contribution in [2.24, 2.45) is 0 Å². The van der Waals surface area contributed by atoms with Gasteiger partial charge in [-0.05, 0) is 27.2 Å². The Labute approximate surface area is 142 Å². The van der Waals surface area contributed by atoms with Crippen LogP contribution in [0.1, 0.15) is 40.5 Å². The molecule has 2 aliphatic rings. The van der Waals surface area contributed by atoms with Gasteiger partial charge >= 0.3 is 12.1 Å². The highest BCUT2D eigenvalue weighted by atomic mass is 32.2. The Balaban J connectivity index is 2.03. The van der Waals surface area contributed by atoms with Gasteiger partial charge in [0.2, 0.25) is 0 Å². The Morgan fingerprint density at radius 1 is 1.35 bits per heavy atom. The van der Waals surface area contributed by atoms with Gasteiger partial charge in [-0.1, -0.05) is 6.92 Å². The number of amides is 1. The lowest BCUT2D eigenvalue weighted by molar-refractivity contribution is -0.145. The first-order valence-electron chi connectivity index (χ1n) is 8.21. The van der Waals surface area contributed by atoms with Crippen LogP contribution < -0.4 is 0 Å². The average Bonchev–Trinajstić information content (AvgIpc) is 2.40. The smallest absolute Gasteiger partial charge is 0.410 e. The average molecular weight is 344 g/mol. The summed E-state index contributed by atoms with van der Waals surface area (Å²) in [4.78, 5) is 27.4. The van der Waals surface area contributed by atoms with Crippen molar-refractivity contribution in [3.8, 4) is 0 Å². The molecule has 7 heteroatoms. The quantitative estimate of drug-likeness (QED) is 0.844. The molecule has 1 amide bonds. The van der Waals surface area contributed by atoms with Gasteiger partial charge in [-0.2, -0.15) is 11.8 Å². The van der Waals surface area contributed by atoms with Crippen LogP contribution in [0.15, 0.2) is 0 Å². The molecule has 1 unspecified atom stereocenters. The minimum absolute atomic E-state index is 0.0768. The summed E-state index contributed by atoms with van der Waals surface area (Å²) in [5, 5.41) is 9.86. The maximum Gasteiger partial charge on any atom is 0.410 e. The summed E-state index contributed by atoms with van der Waals surface area (Å²) in [6, 6.07) is 0. The highest BCUT2D eigenvalue weighted by molar-refractivity contribution is 8.00. The molecule has 23 heavy (non-hydrogen) atoms. The molecule has 0 bridgehead atoms. The van der Waals surface area contributed by atoms with E-state index in [0.29, 0.717) is 18.3 Å². The molecule has 0 aromatic carbocycles. The number of nitrogens with zero attached hydrogens (tertiary/aromatic N) is 2. The van der Waals surface area contributed by atoms with Crippen molar-refractivity contribution in [2.75, 3.05) is 31.9 Å². The fourth-order valence-corrected chi connectivity index (χ4v) is 4.40. The molecule has 132 valence electrons. The number of hydrogen-bond donors (Lipinski definition) is 1. The first-order valence-corrected chi connectivity index (χ1v) is 9.26. The zero-order chi connectivity index (χ0) is 17.3. The molecule has 2 aliphatic heterocycles. The molecular weight excluding hydrogens is 316 g/mol. The van der Waals surface area contributed by atoms with Gasteiger partial charge < -0.3 is 14.7 Å². The molecule has 0 spiro atoms. The van der Waals surface area contributed by atoms with Crippen molar-refractivity contribution >= 4 is 23.8 Å². The predicted octanol–water partition coefficient (Wildman–Crippen LogP) is 2.28. The highest BCUT2D eigenvalue weighted by Gasteiger charge is 2.52. The van der Waals surface area contributed by atoms with Crippen LogP contribution in [0.25, 0.3) is 0 Å². The van der Waals surface area contributed by atoms with E-state index >= 15 is 0 Å². The van der Waals surface area contributed by atoms with Gasteiger partial charge in [0.1, 0.15) is 5.60 Å². The molecular formula is C16H28N2O4S. The standard InChI is InChI=1S/C16H28N2O4S/c1-5-12-9-18(6-7-23-12)16(8-13(19)20)10-17(11-16)14(21)22-15(2,3)4/h12H,5-11H2,1-4H3,(H,19,20). The molecule has 0 aromatic rings. The zero-order valence-corrected chi connectivity index (χ0v) is 15.3. The second-order valence-corrected chi connectivity index (χ2v) is 8.89. The van der Waals surface area contributed by atoms with Gasteiger partial charge in [-0.15, -0.1) is 0 Å².